The first-order valence-corrected chi connectivity index (χ1v) is 11.0. The summed E-state index contributed by atoms with van der Waals surface area (Å²) in [6.45, 7) is 3.89. The first kappa shape index (κ1) is 21.3. The Hall–Kier alpha value is -3.57. The third-order valence-electron chi connectivity index (χ3n) is 6.69. The van der Waals surface area contributed by atoms with E-state index >= 15 is 0 Å². The average Bonchev–Trinajstić information content (AvgIpc) is 3.47. The predicted molar refractivity (Wildman–Crippen MR) is 120 cm³/mol. The van der Waals surface area contributed by atoms with Crippen LogP contribution in [0.25, 0.3) is 0 Å². The molecule has 0 radical (unpaired) electrons. The van der Waals surface area contributed by atoms with Gasteiger partial charge in [0.1, 0.15) is 17.9 Å². The van der Waals surface area contributed by atoms with Crippen molar-refractivity contribution in [3.8, 4) is 11.8 Å². The molecular weight excluding hydrogens is 444 g/mol. The van der Waals surface area contributed by atoms with E-state index in [1.165, 1.54) is 6.07 Å². The summed E-state index contributed by atoms with van der Waals surface area (Å²) in [4.78, 5) is 43.9. The molecule has 33 heavy (non-hydrogen) atoms. The molecule has 0 saturated carbocycles. The molecule has 3 fully saturated rings. The van der Waals surface area contributed by atoms with Crippen LogP contribution in [0.2, 0.25) is 5.02 Å². The molecule has 3 aliphatic rings. The molecule has 0 N–H and O–H groups in total. The monoisotopic (exact) mass is 464 g/mol. The molecule has 2 bridgehead atoms. The molecule has 2 aromatic rings. The van der Waals surface area contributed by atoms with Crippen LogP contribution < -0.4 is 9.64 Å². The Bertz CT molecular complexity index is 1220. The number of rotatable bonds is 4. The number of amides is 4. The number of piperazine rings is 1. The van der Waals surface area contributed by atoms with Gasteiger partial charge in [-0.15, -0.1) is 0 Å². The van der Waals surface area contributed by atoms with Gasteiger partial charge in [0.05, 0.1) is 28.4 Å². The first-order chi connectivity index (χ1) is 15.8. The summed E-state index contributed by atoms with van der Waals surface area (Å²) in [5, 5.41) is 9.40. The zero-order chi connectivity index (χ0) is 23.4. The molecule has 3 atom stereocenters. The van der Waals surface area contributed by atoms with Crippen molar-refractivity contribution in [1.82, 2.24) is 9.80 Å². The molecule has 8 nitrogen and oxygen atoms in total. The molecule has 5 rings (SSSR count). The van der Waals surface area contributed by atoms with E-state index in [1.807, 2.05) is 37.3 Å². The number of aryl methyl sites for hydroxylation is 1. The second-order valence-corrected chi connectivity index (χ2v) is 8.97. The number of urea groups is 1. The van der Waals surface area contributed by atoms with Crippen LogP contribution in [0.4, 0.5) is 10.5 Å². The summed E-state index contributed by atoms with van der Waals surface area (Å²) < 4.78 is 5.64. The van der Waals surface area contributed by atoms with E-state index in [2.05, 4.69) is 0 Å². The van der Waals surface area contributed by atoms with Crippen molar-refractivity contribution >= 4 is 35.1 Å². The lowest BCUT2D eigenvalue weighted by Crippen LogP contribution is -2.55. The van der Waals surface area contributed by atoms with Crippen molar-refractivity contribution in [1.29, 1.82) is 5.26 Å². The van der Waals surface area contributed by atoms with Crippen molar-refractivity contribution in [2.24, 2.45) is 0 Å². The van der Waals surface area contributed by atoms with Crippen molar-refractivity contribution in [3.05, 3.63) is 58.1 Å². The lowest BCUT2D eigenvalue weighted by atomic mass is 10.1. The number of benzene rings is 2. The molecule has 9 heteroatoms. The normalized spacial score (nSPS) is 23.2. The molecule has 2 aromatic carbocycles. The van der Waals surface area contributed by atoms with Crippen LogP contribution in [-0.4, -0.2) is 58.9 Å². The highest BCUT2D eigenvalue weighted by Gasteiger charge is 2.63. The van der Waals surface area contributed by atoms with Crippen LogP contribution in [0, 0.1) is 25.2 Å². The Kier molecular flexibility index (Phi) is 5.02. The van der Waals surface area contributed by atoms with Crippen molar-refractivity contribution in [2.75, 3.05) is 18.1 Å². The van der Waals surface area contributed by atoms with Crippen molar-refractivity contribution in [3.63, 3.8) is 0 Å². The number of nitriles is 1. The van der Waals surface area contributed by atoms with Gasteiger partial charge in [0.25, 0.3) is 11.8 Å². The Morgan fingerprint density at radius 2 is 1.91 bits per heavy atom. The summed E-state index contributed by atoms with van der Waals surface area (Å²) in [5.41, 5.74) is 2.23. The fourth-order valence-corrected chi connectivity index (χ4v) is 5.23. The highest BCUT2D eigenvalue weighted by atomic mass is 35.5. The highest BCUT2D eigenvalue weighted by molar-refractivity contribution is 6.33. The molecule has 0 spiro atoms. The summed E-state index contributed by atoms with van der Waals surface area (Å²) in [7, 11) is 0. The van der Waals surface area contributed by atoms with Crippen molar-refractivity contribution < 1.29 is 19.1 Å². The van der Waals surface area contributed by atoms with Gasteiger partial charge in [0, 0.05) is 6.54 Å². The van der Waals surface area contributed by atoms with E-state index in [0.29, 0.717) is 30.0 Å². The Morgan fingerprint density at radius 3 is 2.61 bits per heavy atom. The van der Waals surface area contributed by atoms with Gasteiger partial charge in [-0.05, 0) is 50.1 Å². The fraction of sp³-hybridized carbons (Fsp3) is 0.333. The van der Waals surface area contributed by atoms with E-state index in [9.17, 15) is 19.6 Å². The van der Waals surface area contributed by atoms with Crippen LogP contribution in [-0.2, 0) is 9.59 Å². The highest BCUT2D eigenvalue weighted by Crippen LogP contribution is 2.43. The van der Waals surface area contributed by atoms with Gasteiger partial charge in [0.2, 0.25) is 0 Å². The minimum absolute atomic E-state index is 0.130. The second kappa shape index (κ2) is 7.78. The van der Waals surface area contributed by atoms with E-state index in [1.54, 1.807) is 22.8 Å². The van der Waals surface area contributed by atoms with Gasteiger partial charge < -0.3 is 14.5 Å². The fourth-order valence-electron chi connectivity index (χ4n) is 5.03. The van der Waals surface area contributed by atoms with Crippen LogP contribution in [0.5, 0.6) is 5.75 Å². The number of likely N-dealkylation sites (tertiary alicyclic amines) is 1. The molecule has 2 unspecified atom stereocenters. The number of ether oxygens (including phenoxy) is 1. The third kappa shape index (κ3) is 3.23. The van der Waals surface area contributed by atoms with Crippen LogP contribution in [0.15, 0.2) is 36.4 Å². The van der Waals surface area contributed by atoms with E-state index in [0.717, 1.165) is 10.5 Å². The van der Waals surface area contributed by atoms with Gasteiger partial charge >= 0.3 is 6.03 Å². The number of carbonyl (C=O) groups is 3. The first-order valence-electron chi connectivity index (χ1n) is 10.7. The number of hydrogen-bond acceptors (Lipinski definition) is 5. The van der Waals surface area contributed by atoms with Gasteiger partial charge in [-0.1, -0.05) is 29.3 Å². The molecule has 3 heterocycles. The number of nitrogens with zero attached hydrogens (tertiary/aromatic N) is 4. The summed E-state index contributed by atoms with van der Waals surface area (Å²) >= 11 is 6.27. The van der Waals surface area contributed by atoms with Crippen LogP contribution >= 0.6 is 11.6 Å². The average molecular weight is 465 g/mol. The number of fused-ring (bicyclic) bond motifs is 5. The van der Waals surface area contributed by atoms with Crippen LogP contribution in [0.3, 0.4) is 0 Å². The smallest absolute Gasteiger partial charge is 0.332 e. The number of imide groups is 1. The topological polar surface area (TPSA) is 94.0 Å². The maximum absolute atomic E-state index is 13.4. The lowest BCUT2D eigenvalue weighted by Gasteiger charge is -2.34. The summed E-state index contributed by atoms with van der Waals surface area (Å²) in [6, 6.07) is 10.7. The van der Waals surface area contributed by atoms with Crippen molar-refractivity contribution in [2.45, 2.75) is 38.4 Å². The Morgan fingerprint density at radius 1 is 1.18 bits per heavy atom. The summed E-state index contributed by atoms with van der Waals surface area (Å²) in [5.74, 6) is 0.0127. The SMILES string of the molecule is Cc1ccc(OCC(=O)N2CC3CC2[C@@H]2C(=O)N(c4ccc(C#N)c(Cl)c4C)C(=O)N32)cc1. The minimum Gasteiger partial charge on any atom is -0.484 e. The molecule has 0 aromatic heterocycles. The van der Waals surface area contributed by atoms with Gasteiger partial charge in [-0.3, -0.25) is 9.59 Å². The Balaban J connectivity index is 1.35. The largest absolute Gasteiger partial charge is 0.484 e. The minimum atomic E-state index is -0.728. The number of carbonyl (C=O) groups excluding carboxylic acids is 3. The van der Waals surface area contributed by atoms with Gasteiger partial charge in [0.15, 0.2) is 6.61 Å². The van der Waals surface area contributed by atoms with E-state index in [-0.39, 0.29) is 41.1 Å². The molecule has 168 valence electrons. The number of anilines is 1. The lowest BCUT2D eigenvalue weighted by molar-refractivity contribution is -0.137. The zero-order valence-electron chi connectivity index (χ0n) is 18.1. The molecule has 0 aliphatic carbocycles. The molecule has 4 amide bonds. The number of halogens is 1. The van der Waals surface area contributed by atoms with E-state index in [4.69, 9.17) is 16.3 Å². The molecular formula is C24H21ClN4O4. The quantitative estimate of drug-likeness (QED) is 0.648. The standard InChI is InChI=1S/C24H21ClN4O4/c1-13-3-6-17(7-4-13)33-12-20(30)27-11-16-9-19(27)22-23(31)29(24(32)28(16)22)18-8-5-15(10-26)21(25)14(18)2/h3-8,16,19,22H,9,11-12H2,1-2H3/t16?,19?,22-/m1/s1. The summed E-state index contributed by atoms with van der Waals surface area (Å²) in [6.07, 6.45) is 0.569. The predicted octanol–water partition coefficient (Wildman–Crippen LogP) is 3.03. The van der Waals surface area contributed by atoms with Gasteiger partial charge in [-0.2, -0.15) is 5.26 Å². The number of hydrogen-bond donors (Lipinski definition) is 0. The van der Waals surface area contributed by atoms with Gasteiger partial charge in [-0.25, -0.2) is 9.69 Å². The molecule has 3 saturated heterocycles. The second-order valence-electron chi connectivity index (χ2n) is 8.60. The Labute approximate surface area is 195 Å². The van der Waals surface area contributed by atoms with Crippen LogP contribution in [0.1, 0.15) is 23.1 Å². The third-order valence-corrected chi connectivity index (χ3v) is 7.17. The molecule has 3 aliphatic heterocycles. The maximum atomic E-state index is 13.4. The van der Waals surface area contributed by atoms with E-state index < -0.39 is 12.1 Å². The maximum Gasteiger partial charge on any atom is 0.332 e. The zero-order valence-corrected chi connectivity index (χ0v) is 18.9.